The molecule has 0 saturated heterocycles. The van der Waals surface area contributed by atoms with Crippen molar-refractivity contribution in [1.29, 1.82) is 0 Å². The second-order valence-electron chi connectivity index (χ2n) is 5.97. The minimum atomic E-state index is -1.02. The molecule has 4 heteroatoms. The molecule has 0 spiro atoms. The number of rotatable bonds is 3. The molecular weight excluding hydrogens is 290 g/mol. The number of amides is 1. The summed E-state index contributed by atoms with van der Waals surface area (Å²) in [4.78, 5) is 25.5. The standard InChI is InChI=1S/C19H19NO3/c1-20(17-10-9-13-5-2-3-6-14(13)12-17)18(21)15-7-4-8-16(11-15)19(22)23/h2-8,11,17H,9-10,12H2,1H3,(H,22,23). The van der Waals surface area contributed by atoms with E-state index >= 15 is 0 Å². The van der Waals surface area contributed by atoms with Gasteiger partial charge in [0.1, 0.15) is 0 Å². The van der Waals surface area contributed by atoms with Crippen molar-refractivity contribution in [2.45, 2.75) is 25.3 Å². The molecule has 0 aromatic heterocycles. The topological polar surface area (TPSA) is 57.6 Å². The quantitative estimate of drug-likeness (QED) is 0.948. The highest BCUT2D eigenvalue weighted by Crippen LogP contribution is 2.24. The van der Waals surface area contributed by atoms with Crippen molar-refractivity contribution in [2.24, 2.45) is 0 Å². The number of aryl methyl sites for hydroxylation is 1. The van der Waals surface area contributed by atoms with Crippen LogP contribution in [0, 0.1) is 0 Å². The number of carbonyl (C=O) groups is 2. The molecule has 1 N–H and O–H groups in total. The van der Waals surface area contributed by atoms with Gasteiger partial charge in [-0.25, -0.2) is 4.79 Å². The maximum atomic E-state index is 12.7. The van der Waals surface area contributed by atoms with Gasteiger partial charge in [0, 0.05) is 18.7 Å². The summed E-state index contributed by atoms with van der Waals surface area (Å²) in [6.45, 7) is 0. The summed E-state index contributed by atoms with van der Waals surface area (Å²) in [7, 11) is 1.80. The van der Waals surface area contributed by atoms with E-state index < -0.39 is 5.97 Å². The SMILES string of the molecule is CN(C(=O)c1cccc(C(=O)O)c1)C1CCc2ccccc2C1. The van der Waals surface area contributed by atoms with Crippen LogP contribution in [0.1, 0.15) is 38.3 Å². The van der Waals surface area contributed by atoms with Crippen LogP contribution in [-0.2, 0) is 12.8 Å². The highest BCUT2D eigenvalue weighted by atomic mass is 16.4. The van der Waals surface area contributed by atoms with Crippen LogP contribution in [0.4, 0.5) is 0 Å². The Morgan fingerprint density at radius 3 is 2.48 bits per heavy atom. The zero-order valence-corrected chi connectivity index (χ0v) is 13.0. The van der Waals surface area contributed by atoms with Gasteiger partial charge in [-0.1, -0.05) is 30.3 Å². The van der Waals surface area contributed by atoms with Crippen molar-refractivity contribution in [3.05, 3.63) is 70.8 Å². The van der Waals surface area contributed by atoms with E-state index in [9.17, 15) is 9.59 Å². The zero-order chi connectivity index (χ0) is 16.4. The first kappa shape index (κ1) is 15.3. The highest BCUT2D eigenvalue weighted by molar-refractivity contribution is 5.97. The predicted molar refractivity (Wildman–Crippen MR) is 87.7 cm³/mol. The fraction of sp³-hybridized carbons (Fsp3) is 0.263. The van der Waals surface area contributed by atoms with Crippen LogP contribution < -0.4 is 0 Å². The van der Waals surface area contributed by atoms with E-state index in [-0.39, 0.29) is 17.5 Å². The van der Waals surface area contributed by atoms with E-state index in [0.717, 1.165) is 19.3 Å². The number of carbonyl (C=O) groups excluding carboxylic acids is 1. The Morgan fingerprint density at radius 1 is 1.04 bits per heavy atom. The molecule has 0 radical (unpaired) electrons. The second kappa shape index (κ2) is 6.24. The summed E-state index contributed by atoms with van der Waals surface area (Å²) in [5.41, 5.74) is 3.21. The van der Waals surface area contributed by atoms with E-state index in [2.05, 4.69) is 12.1 Å². The Balaban J connectivity index is 1.78. The van der Waals surface area contributed by atoms with Crippen molar-refractivity contribution < 1.29 is 14.7 Å². The van der Waals surface area contributed by atoms with Crippen LogP contribution in [-0.4, -0.2) is 35.0 Å². The van der Waals surface area contributed by atoms with Crippen molar-refractivity contribution in [3.8, 4) is 0 Å². The lowest BCUT2D eigenvalue weighted by Crippen LogP contribution is -2.40. The summed E-state index contributed by atoms with van der Waals surface area (Å²) in [5.74, 6) is -1.15. The molecule has 4 nitrogen and oxygen atoms in total. The molecule has 2 aromatic rings. The molecule has 0 aliphatic heterocycles. The monoisotopic (exact) mass is 309 g/mol. The zero-order valence-electron chi connectivity index (χ0n) is 13.0. The van der Waals surface area contributed by atoms with Gasteiger partial charge in [-0.2, -0.15) is 0 Å². The molecule has 1 atom stereocenters. The number of likely N-dealkylation sites (N-methyl/N-ethyl adjacent to an activating group) is 1. The lowest BCUT2D eigenvalue weighted by Gasteiger charge is -2.32. The average molecular weight is 309 g/mol. The number of fused-ring (bicyclic) bond motifs is 1. The number of nitrogens with zero attached hydrogens (tertiary/aromatic N) is 1. The molecule has 3 rings (SSSR count). The maximum Gasteiger partial charge on any atom is 0.335 e. The number of aromatic carboxylic acids is 1. The Hall–Kier alpha value is -2.62. The molecular formula is C19H19NO3. The summed E-state index contributed by atoms with van der Waals surface area (Å²) in [6, 6.07) is 14.7. The van der Waals surface area contributed by atoms with Crippen LogP contribution in [0.5, 0.6) is 0 Å². The van der Waals surface area contributed by atoms with Crippen LogP contribution in [0.3, 0.4) is 0 Å². The molecule has 1 amide bonds. The van der Waals surface area contributed by atoms with Crippen molar-refractivity contribution in [2.75, 3.05) is 7.05 Å². The largest absolute Gasteiger partial charge is 0.478 e. The van der Waals surface area contributed by atoms with Crippen LogP contribution in [0.15, 0.2) is 48.5 Å². The fourth-order valence-electron chi connectivity index (χ4n) is 3.16. The fourth-order valence-corrected chi connectivity index (χ4v) is 3.16. The number of hydrogen-bond donors (Lipinski definition) is 1. The van der Waals surface area contributed by atoms with Crippen LogP contribution in [0.25, 0.3) is 0 Å². The molecule has 1 unspecified atom stereocenters. The summed E-state index contributed by atoms with van der Waals surface area (Å²) in [6.07, 6.45) is 2.74. The van der Waals surface area contributed by atoms with Gasteiger partial charge in [0.05, 0.1) is 5.56 Å². The first-order valence-corrected chi connectivity index (χ1v) is 7.73. The molecule has 118 valence electrons. The van der Waals surface area contributed by atoms with Crippen molar-refractivity contribution in [3.63, 3.8) is 0 Å². The van der Waals surface area contributed by atoms with E-state index in [0.29, 0.717) is 5.56 Å². The van der Waals surface area contributed by atoms with E-state index in [1.54, 1.807) is 24.1 Å². The van der Waals surface area contributed by atoms with E-state index in [1.807, 2.05) is 12.1 Å². The number of carboxylic acid groups (broad SMARTS) is 1. The first-order valence-electron chi connectivity index (χ1n) is 7.73. The minimum Gasteiger partial charge on any atom is -0.478 e. The molecule has 2 aromatic carbocycles. The Morgan fingerprint density at radius 2 is 1.74 bits per heavy atom. The molecule has 1 aliphatic rings. The third kappa shape index (κ3) is 3.11. The third-order valence-corrected chi connectivity index (χ3v) is 4.55. The predicted octanol–water partition coefficient (Wildman–Crippen LogP) is 3.01. The lowest BCUT2D eigenvalue weighted by molar-refractivity contribution is 0.0697. The smallest absolute Gasteiger partial charge is 0.335 e. The molecule has 0 bridgehead atoms. The molecule has 0 saturated carbocycles. The number of hydrogen-bond acceptors (Lipinski definition) is 2. The van der Waals surface area contributed by atoms with Gasteiger partial charge in [-0.15, -0.1) is 0 Å². The molecule has 0 fully saturated rings. The van der Waals surface area contributed by atoms with Crippen LogP contribution >= 0.6 is 0 Å². The number of carboxylic acids is 1. The van der Waals surface area contributed by atoms with Gasteiger partial charge in [0.25, 0.3) is 5.91 Å². The third-order valence-electron chi connectivity index (χ3n) is 4.55. The van der Waals surface area contributed by atoms with Gasteiger partial charge >= 0.3 is 5.97 Å². The van der Waals surface area contributed by atoms with Crippen molar-refractivity contribution in [1.82, 2.24) is 4.90 Å². The Labute approximate surface area is 135 Å². The highest BCUT2D eigenvalue weighted by Gasteiger charge is 2.25. The lowest BCUT2D eigenvalue weighted by atomic mass is 9.87. The summed E-state index contributed by atoms with van der Waals surface area (Å²) >= 11 is 0. The summed E-state index contributed by atoms with van der Waals surface area (Å²) < 4.78 is 0. The van der Waals surface area contributed by atoms with E-state index in [4.69, 9.17) is 5.11 Å². The Kier molecular flexibility index (Phi) is 4.15. The normalized spacial score (nSPS) is 16.5. The van der Waals surface area contributed by atoms with Gasteiger partial charge in [0.2, 0.25) is 0 Å². The summed E-state index contributed by atoms with van der Waals surface area (Å²) in [5, 5.41) is 9.06. The van der Waals surface area contributed by atoms with Gasteiger partial charge in [-0.05, 0) is 48.6 Å². The van der Waals surface area contributed by atoms with Crippen molar-refractivity contribution >= 4 is 11.9 Å². The molecule has 0 heterocycles. The van der Waals surface area contributed by atoms with Gasteiger partial charge in [0.15, 0.2) is 0 Å². The van der Waals surface area contributed by atoms with Gasteiger partial charge < -0.3 is 10.0 Å². The first-order chi connectivity index (χ1) is 11.1. The maximum absolute atomic E-state index is 12.7. The minimum absolute atomic E-state index is 0.127. The van der Waals surface area contributed by atoms with Gasteiger partial charge in [-0.3, -0.25) is 4.79 Å². The van der Waals surface area contributed by atoms with Crippen LogP contribution in [0.2, 0.25) is 0 Å². The van der Waals surface area contributed by atoms with E-state index in [1.165, 1.54) is 23.3 Å². The average Bonchev–Trinajstić information content (AvgIpc) is 2.60. The molecule has 23 heavy (non-hydrogen) atoms. The number of benzene rings is 2. The molecule has 1 aliphatic carbocycles. The second-order valence-corrected chi connectivity index (χ2v) is 5.97. The Bertz CT molecular complexity index is 754.